The van der Waals surface area contributed by atoms with E-state index in [0.29, 0.717) is 25.1 Å². The first-order valence-electron chi connectivity index (χ1n) is 8.93. The van der Waals surface area contributed by atoms with Gasteiger partial charge in [0.2, 0.25) is 5.91 Å². The first-order chi connectivity index (χ1) is 13.1. The number of rotatable bonds is 4. The van der Waals surface area contributed by atoms with Gasteiger partial charge in [0.25, 0.3) is 0 Å². The molecule has 1 amide bonds. The smallest absolute Gasteiger partial charge is 0.227 e. The summed E-state index contributed by atoms with van der Waals surface area (Å²) >= 11 is 0. The molecule has 1 aromatic carbocycles. The Labute approximate surface area is 157 Å². The molecule has 0 aliphatic carbocycles. The lowest BCUT2D eigenvalue weighted by Crippen LogP contribution is -2.34. The average Bonchev–Trinajstić information content (AvgIpc) is 3.02. The van der Waals surface area contributed by atoms with E-state index in [0.717, 1.165) is 39.5 Å². The number of carbonyl (C=O) groups is 1. The van der Waals surface area contributed by atoms with Crippen LogP contribution in [0.15, 0.2) is 41.1 Å². The lowest BCUT2D eigenvalue weighted by Gasteiger charge is -2.30. The van der Waals surface area contributed by atoms with E-state index in [4.69, 9.17) is 9.26 Å². The van der Waals surface area contributed by atoms with Gasteiger partial charge in [-0.2, -0.15) is 0 Å². The summed E-state index contributed by atoms with van der Waals surface area (Å²) < 4.78 is 11.0. The summed E-state index contributed by atoms with van der Waals surface area (Å²) in [5.74, 6) is 1.55. The normalized spacial score (nSPS) is 13.6. The minimum Gasteiger partial charge on any atom is -0.496 e. The molecule has 0 saturated heterocycles. The Morgan fingerprint density at radius 3 is 2.74 bits per heavy atom. The number of fused-ring (bicyclic) bond motifs is 1. The van der Waals surface area contributed by atoms with Crippen LogP contribution in [0.1, 0.15) is 29.1 Å². The van der Waals surface area contributed by atoms with Crippen molar-refractivity contribution in [3.63, 3.8) is 0 Å². The molecule has 0 spiro atoms. The second kappa shape index (κ2) is 6.87. The Morgan fingerprint density at radius 2 is 2.07 bits per heavy atom. The summed E-state index contributed by atoms with van der Waals surface area (Å²) in [7, 11) is 1.64. The highest BCUT2D eigenvalue weighted by Crippen LogP contribution is 2.41. The van der Waals surface area contributed by atoms with Crippen molar-refractivity contribution in [1.82, 2.24) is 10.1 Å². The number of hydrogen-bond donors (Lipinski definition) is 0. The average molecular weight is 363 g/mol. The Balaban J connectivity index is 1.81. The number of benzene rings is 1. The number of aryl methyl sites for hydroxylation is 3. The van der Waals surface area contributed by atoms with Crippen LogP contribution in [0.5, 0.6) is 5.75 Å². The minimum absolute atomic E-state index is 0.0975. The van der Waals surface area contributed by atoms with E-state index in [1.807, 2.05) is 38.1 Å². The van der Waals surface area contributed by atoms with Crippen molar-refractivity contribution in [1.29, 1.82) is 0 Å². The molecule has 138 valence electrons. The van der Waals surface area contributed by atoms with Crippen molar-refractivity contribution >= 4 is 11.6 Å². The monoisotopic (exact) mass is 363 g/mol. The van der Waals surface area contributed by atoms with Gasteiger partial charge in [-0.3, -0.25) is 9.78 Å². The quantitative estimate of drug-likeness (QED) is 0.704. The first-order valence-corrected chi connectivity index (χ1v) is 8.93. The Kier molecular flexibility index (Phi) is 4.39. The number of carbonyl (C=O) groups excluding carboxylic acids is 1. The van der Waals surface area contributed by atoms with Gasteiger partial charge in [0.1, 0.15) is 11.5 Å². The van der Waals surface area contributed by atoms with E-state index in [2.05, 4.69) is 16.2 Å². The maximum Gasteiger partial charge on any atom is 0.227 e. The van der Waals surface area contributed by atoms with Gasteiger partial charge in [0.15, 0.2) is 0 Å². The maximum atomic E-state index is 12.6. The lowest BCUT2D eigenvalue weighted by atomic mass is 9.94. The Hall–Kier alpha value is -3.15. The summed E-state index contributed by atoms with van der Waals surface area (Å²) in [5, 5.41) is 4.06. The zero-order chi connectivity index (χ0) is 19.0. The predicted octanol–water partition coefficient (Wildman–Crippen LogP) is 3.84. The molecule has 4 rings (SSSR count). The SMILES string of the molecule is COc1cc2c(cc1-c1c(C)noc1C)CCC(=O)N2Cc1ccccn1. The molecule has 3 aromatic rings. The number of anilines is 1. The molecule has 0 bridgehead atoms. The highest BCUT2D eigenvalue weighted by molar-refractivity contribution is 5.97. The van der Waals surface area contributed by atoms with E-state index in [9.17, 15) is 4.79 Å². The summed E-state index contributed by atoms with van der Waals surface area (Å²) in [6.07, 6.45) is 2.92. The number of aromatic nitrogens is 2. The van der Waals surface area contributed by atoms with Crippen molar-refractivity contribution in [2.45, 2.75) is 33.2 Å². The molecule has 1 aliphatic rings. The van der Waals surface area contributed by atoms with Crippen LogP contribution < -0.4 is 9.64 Å². The zero-order valence-electron chi connectivity index (χ0n) is 15.7. The van der Waals surface area contributed by atoms with Gasteiger partial charge in [-0.15, -0.1) is 0 Å². The predicted molar refractivity (Wildman–Crippen MR) is 102 cm³/mol. The molecule has 6 heteroatoms. The second-order valence-electron chi connectivity index (χ2n) is 6.68. The van der Waals surface area contributed by atoms with Crippen LogP contribution in [-0.4, -0.2) is 23.2 Å². The van der Waals surface area contributed by atoms with Gasteiger partial charge in [0.05, 0.1) is 36.3 Å². The number of pyridine rings is 1. The summed E-state index contributed by atoms with van der Waals surface area (Å²) in [6, 6.07) is 9.76. The Morgan fingerprint density at radius 1 is 1.22 bits per heavy atom. The summed E-state index contributed by atoms with van der Waals surface area (Å²) in [6.45, 7) is 4.26. The van der Waals surface area contributed by atoms with Crippen molar-refractivity contribution in [3.05, 3.63) is 59.2 Å². The molecule has 0 radical (unpaired) electrons. The van der Waals surface area contributed by atoms with Crippen molar-refractivity contribution in [2.24, 2.45) is 0 Å². The van der Waals surface area contributed by atoms with Crippen LogP contribution in [0.2, 0.25) is 0 Å². The molecule has 0 atom stereocenters. The van der Waals surface area contributed by atoms with Gasteiger partial charge in [-0.25, -0.2) is 0 Å². The maximum absolute atomic E-state index is 12.6. The molecule has 27 heavy (non-hydrogen) atoms. The van der Waals surface area contributed by atoms with E-state index in [1.165, 1.54) is 0 Å². The molecule has 1 aliphatic heterocycles. The van der Waals surface area contributed by atoms with Gasteiger partial charge < -0.3 is 14.2 Å². The van der Waals surface area contributed by atoms with E-state index >= 15 is 0 Å². The third-order valence-corrected chi connectivity index (χ3v) is 4.95. The van der Waals surface area contributed by atoms with Crippen LogP contribution in [0.25, 0.3) is 11.1 Å². The summed E-state index contributed by atoms with van der Waals surface area (Å²) in [5.41, 5.74) is 5.56. The van der Waals surface area contributed by atoms with Gasteiger partial charge in [-0.1, -0.05) is 11.2 Å². The molecule has 0 fully saturated rings. The molecular formula is C21H21N3O3. The fourth-order valence-corrected chi connectivity index (χ4v) is 3.64. The minimum atomic E-state index is 0.0975. The highest BCUT2D eigenvalue weighted by atomic mass is 16.5. The van der Waals surface area contributed by atoms with Crippen LogP contribution in [0, 0.1) is 13.8 Å². The van der Waals surface area contributed by atoms with Gasteiger partial charge in [-0.05, 0) is 44.0 Å². The molecule has 0 N–H and O–H groups in total. The first kappa shape index (κ1) is 17.3. The fourth-order valence-electron chi connectivity index (χ4n) is 3.64. The van der Waals surface area contributed by atoms with Crippen LogP contribution in [0.3, 0.4) is 0 Å². The van der Waals surface area contributed by atoms with Crippen LogP contribution in [0.4, 0.5) is 5.69 Å². The standard InChI is InChI=1S/C21H21N3O3/c1-13-21(14(2)27-23-13)17-10-15-7-8-20(25)24(18(15)11-19(17)26-3)12-16-6-4-5-9-22-16/h4-6,9-11H,7-8,12H2,1-3H3. The third-order valence-electron chi connectivity index (χ3n) is 4.95. The molecular weight excluding hydrogens is 342 g/mol. The summed E-state index contributed by atoms with van der Waals surface area (Å²) in [4.78, 5) is 18.8. The van der Waals surface area contributed by atoms with Gasteiger partial charge >= 0.3 is 0 Å². The van der Waals surface area contributed by atoms with Crippen LogP contribution >= 0.6 is 0 Å². The second-order valence-corrected chi connectivity index (χ2v) is 6.68. The van der Waals surface area contributed by atoms with E-state index in [1.54, 1.807) is 18.2 Å². The fraction of sp³-hybridized carbons (Fsp3) is 0.286. The molecule has 3 heterocycles. The Bertz CT molecular complexity index is 976. The number of methoxy groups -OCH3 is 1. The molecule has 0 saturated carbocycles. The topological polar surface area (TPSA) is 68.5 Å². The van der Waals surface area contributed by atoms with Crippen LogP contribution in [-0.2, 0) is 17.8 Å². The highest BCUT2D eigenvalue weighted by Gasteiger charge is 2.28. The van der Waals surface area contributed by atoms with E-state index in [-0.39, 0.29) is 5.91 Å². The van der Waals surface area contributed by atoms with Crippen molar-refractivity contribution in [3.8, 4) is 16.9 Å². The number of amides is 1. The van der Waals surface area contributed by atoms with Crippen molar-refractivity contribution < 1.29 is 14.1 Å². The van der Waals surface area contributed by atoms with E-state index < -0.39 is 0 Å². The largest absolute Gasteiger partial charge is 0.496 e. The molecule has 6 nitrogen and oxygen atoms in total. The third kappa shape index (κ3) is 3.07. The van der Waals surface area contributed by atoms with Crippen molar-refractivity contribution in [2.75, 3.05) is 12.0 Å². The zero-order valence-corrected chi connectivity index (χ0v) is 15.7. The number of hydrogen-bond acceptors (Lipinski definition) is 5. The molecule has 0 unspecified atom stereocenters. The lowest BCUT2D eigenvalue weighted by molar-refractivity contribution is -0.119. The molecule has 2 aromatic heterocycles. The van der Waals surface area contributed by atoms with Gasteiger partial charge in [0, 0.05) is 24.2 Å². The number of ether oxygens (including phenoxy) is 1. The number of nitrogens with zero attached hydrogens (tertiary/aromatic N) is 3.